The highest BCUT2D eigenvalue weighted by Gasteiger charge is 2.33. The van der Waals surface area contributed by atoms with Crippen molar-refractivity contribution in [2.24, 2.45) is 0 Å². The lowest BCUT2D eigenvalue weighted by atomic mass is 9.93. The molecular weight excluding hydrogens is 523 g/mol. The van der Waals surface area contributed by atoms with Crippen LogP contribution in [0, 0.1) is 5.82 Å². The van der Waals surface area contributed by atoms with Gasteiger partial charge in [-0.05, 0) is 64.1 Å². The molecule has 1 atom stereocenters. The van der Waals surface area contributed by atoms with Crippen molar-refractivity contribution in [1.29, 1.82) is 0 Å². The maximum atomic E-state index is 14.1. The third kappa shape index (κ3) is 5.93. The van der Waals surface area contributed by atoms with E-state index in [0.29, 0.717) is 38.0 Å². The van der Waals surface area contributed by atoms with E-state index in [-0.39, 0.29) is 30.3 Å². The molecule has 1 unspecified atom stereocenters. The predicted molar refractivity (Wildman–Crippen MR) is 160 cm³/mol. The first-order valence-electron chi connectivity index (χ1n) is 14.2. The van der Waals surface area contributed by atoms with Crippen LogP contribution in [0.15, 0.2) is 53.9 Å². The summed E-state index contributed by atoms with van der Waals surface area (Å²) in [4.78, 5) is 33.9. The second-order valence-corrected chi connectivity index (χ2v) is 12.4. The van der Waals surface area contributed by atoms with Gasteiger partial charge in [-0.3, -0.25) is 9.69 Å². The molecule has 2 aromatic carbocycles. The van der Waals surface area contributed by atoms with Gasteiger partial charge in [0.25, 0.3) is 0 Å². The molecule has 0 radical (unpaired) electrons. The largest absolute Gasteiger partial charge is 0.338 e. The van der Waals surface area contributed by atoms with Crippen molar-refractivity contribution in [2.45, 2.75) is 52.0 Å². The second-order valence-electron chi connectivity index (χ2n) is 11.4. The van der Waals surface area contributed by atoms with Crippen molar-refractivity contribution in [3.05, 3.63) is 86.9 Å². The topological polar surface area (TPSA) is 55.9 Å². The molecule has 212 valence electrons. The number of carbonyl (C=O) groups excluding carboxylic acids is 2. The number of nitrogens with one attached hydrogen (secondary N) is 1. The van der Waals surface area contributed by atoms with E-state index in [2.05, 4.69) is 67.6 Å². The van der Waals surface area contributed by atoms with Gasteiger partial charge >= 0.3 is 6.03 Å². The molecule has 1 N–H and O–H groups in total. The minimum atomic E-state index is -0.267. The van der Waals surface area contributed by atoms with E-state index < -0.39 is 0 Å². The zero-order chi connectivity index (χ0) is 28.4. The summed E-state index contributed by atoms with van der Waals surface area (Å²) in [6.45, 7) is 11.5. The summed E-state index contributed by atoms with van der Waals surface area (Å²) in [5.41, 5.74) is 5.22. The Labute approximate surface area is 240 Å². The van der Waals surface area contributed by atoms with Crippen LogP contribution in [-0.4, -0.2) is 65.9 Å². The monoisotopic (exact) mass is 562 g/mol. The number of halogens is 1. The van der Waals surface area contributed by atoms with Gasteiger partial charge in [-0.25, -0.2) is 9.18 Å². The van der Waals surface area contributed by atoms with Gasteiger partial charge in [-0.2, -0.15) is 0 Å². The lowest BCUT2D eigenvalue weighted by Crippen LogP contribution is -2.54. The lowest BCUT2D eigenvalue weighted by molar-refractivity contribution is -0.134. The number of rotatable bonds is 6. The fourth-order valence-corrected chi connectivity index (χ4v) is 6.82. The molecule has 3 amide bonds. The van der Waals surface area contributed by atoms with E-state index in [1.165, 1.54) is 16.5 Å². The Hall–Kier alpha value is -3.23. The smallest absolute Gasteiger partial charge is 0.321 e. The molecule has 1 fully saturated rings. The van der Waals surface area contributed by atoms with Crippen molar-refractivity contribution in [3.63, 3.8) is 0 Å². The maximum Gasteiger partial charge on any atom is 0.321 e. The fraction of sp³-hybridized carbons (Fsp3) is 0.438. The molecule has 40 heavy (non-hydrogen) atoms. The van der Waals surface area contributed by atoms with Crippen LogP contribution in [0.1, 0.15) is 72.7 Å². The molecule has 0 spiro atoms. The first-order valence-corrected chi connectivity index (χ1v) is 15.1. The summed E-state index contributed by atoms with van der Waals surface area (Å²) in [6, 6.07) is 14.8. The van der Waals surface area contributed by atoms with Gasteiger partial charge in [0, 0.05) is 43.3 Å². The van der Waals surface area contributed by atoms with Crippen molar-refractivity contribution in [3.8, 4) is 0 Å². The van der Waals surface area contributed by atoms with Gasteiger partial charge in [-0.1, -0.05) is 58.0 Å². The Morgan fingerprint density at radius 2 is 1.57 bits per heavy atom. The Balaban J connectivity index is 1.23. The van der Waals surface area contributed by atoms with Gasteiger partial charge < -0.3 is 15.1 Å². The van der Waals surface area contributed by atoms with Crippen LogP contribution < -0.4 is 5.32 Å². The van der Waals surface area contributed by atoms with Gasteiger partial charge in [0.1, 0.15) is 5.82 Å². The third-order valence-corrected chi connectivity index (χ3v) is 9.09. The predicted octanol–water partition coefficient (Wildman–Crippen LogP) is 6.46. The summed E-state index contributed by atoms with van der Waals surface area (Å²) < 4.78 is 14.1. The highest BCUT2D eigenvalue weighted by atomic mass is 32.1. The number of amides is 3. The van der Waals surface area contributed by atoms with E-state index in [1.807, 2.05) is 11.0 Å². The zero-order valence-electron chi connectivity index (χ0n) is 23.8. The van der Waals surface area contributed by atoms with E-state index in [1.54, 1.807) is 28.4 Å². The number of benzene rings is 2. The lowest BCUT2D eigenvalue weighted by Gasteiger charge is -2.39. The number of hydrogen-bond acceptors (Lipinski definition) is 4. The maximum absolute atomic E-state index is 14.1. The summed E-state index contributed by atoms with van der Waals surface area (Å²) in [6.07, 6.45) is 0.885. The van der Waals surface area contributed by atoms with E-state index in [0.717, 1.165) is 35.3 Å². The number of hydrogen-bond donors (Lipinski definition) is 1. The summed E-state index contributed by atoms with van der Waals surface area (Å²) in [5, 5.41) is 5.28. The van der Waals surface area contributed by atoms with E-state index >= 15 is 0 Å². The first-order chi connectivity index (χ1) is 19.2. The second kappa shape index (κ2) is 12.1. The minimum absolute atomic E-state index is 0.0485. The fourth-order valence-electron chi connectivity index (χ4n) is 5.92. The van der Waals surface area contributed by atoms with Crippen molar-refractivity contribution >= 4 is 29.0 Å². The number of thiophene rings is 1. The quantitative estimate of drug-likeness (QED) is 0.375. The SMILES string of the molecule is CC(C)c1cccc(C(C)C)c1NC(=O)N1CCN(C(=O)CN2CCc3sccc3C2c2cccc(F)c2)CC1. The first kappa shape index (κ1) is 28.3. The summed E-state index contributed by atoms with van der Waals surface area (Å²) in [7, 11) is 0. The molecule has 2 aliphatic heterocycles. The summed E-state index contributed by atoms with van der Waals surface area (Å²) >= 11 is 1.73. The van der Waals surface area contributed by atoms with Gasteiger partial charge in [0.2, 0.25) is 5.91 Å². The standard InChI is InChI=1S/C32H39FN4O2S/c1-21(2)25-9-6-10-26(22(3)4)30(25)34-32(39)36-16-14-35(15-17-36)29(38)20-37-13-11-28-27(12-18-40-28)31(37)23-7-5-8-24(33)19-23/h5-10,12,18-19,21-22,31H,11,13-17,20H2,1-4H3,(H,34,39). The number of anilines is 1. The molecule has 0 bridgehead atoms. The van der Waals surface area contributed by atoms with Gasteiger partial charge in [0.15, 0.2) is 0 Å². The highest BCUT2D eigenvalue weighted by molar-refractivity contribution is 7.10. The number of nitrogens with zero attached hydrogens (tertiary/aromatic N) is 3. The Kier molecular flexibility index (Phi) is 8.57. The molecule has 0 saturated carbocycles. The average molecular weight is 563 g/mol. The number of piperazine rings is 1. The molecule has 1 saturated heterocycles. The van der Waals surface area contributed by atoms with E-state index in [9.17, 15) is 14.0 Å². The molecule has 6 nitrogen and oxygen atoms in total. The molecule has 3 aromatic rings. The molecule has 1 aromatic heterocycles. The Bertz CT molecular complexity index is 1340. The number of fused-ring (bicyclic) bond motifs is 1. The molecule has 5 rings (SSSR count). The minimum Gasteiger partial charge on any atom is -0.338 e. The van der Waals surface area contributed by atoms with Crippen LogP contribution in [0.25, 0.3) is 0 Å². The van der Waals surface area contributed by atoms with Crippen LogP contribution in [0.2, 0.25) is 0 Å². The third-order valence-electron chi connectivity index (χ3n) is 8.09. The molecule has 0 aliphatic carbocycles. The molecule has 2 aliphatic rings. The summed E-state index contributed by atoms with van der Waals surface area (Å²) in [5.74, 6) is 0.365. The zero-order valence-corrected chi connectivity index (χ0v) is 24.6. The number of para-hydroxylation sites is 1. The molecular formula is C32H39FN4O2S. The number of carbonyl (C=O) groups is 2. The van der Waals surface area contributed by atoms with Crippen LogP contribution in [0.3, 0.4) is 0 Å². The van der Waals surface area contributed by atoms with Crippen LogP contribution >= 0.6 is 11.3 Å². The molecule has 8 heteroatoms. The Morgan fingerprint density at radius 1 is 0.925 bits per heavy atom. The van der Waals surface area contributed by atoms with Crippen LogP contribution in [0.5, 0.6) is 0 Å². The highest BCUT2D eigenvalue weighted by Crippen LogP contribution is 2.38. The molecule has 3 heterocycles. The van der Waals surface area contributed by atoms with Crippen molar-refractivity contribution in [2.75, 3.05) is 44.6 Å². The van der Waals surface area contributed by atoms with E-state index in [4.69, 9.17) is 0 Å². The van der Waals surface area contributed by atoms with Gasteiger partial charge in [-0.15, -0.1) is 11.3 Å². The Morgan fingerprint density at radius 3 is 2.23 bits per heavy atom. The normalized spacial score (nSPS) is 17.8. The van der Waals surface area contributed by atoms with Crippen molar-refractivity contribution < 1.29 is 14.0 Å². The number of urea groups is 1. The average Bonchev–Trinajstić information content (AvgIpc) is 3.41. The van der Waals surface area contributed by atoms with Gasteiger partial charge in [0.05, 0.1) is 12.6 Å². The van der Waals surface area contributed by atoms with Crippen LogP contribution in [0.4, 0.5) is 14.9 Å². The van der Waals surface area contributed by atoms with Crippen LogP contribution in [-0.2, 0) is 11.2 Å². The van der Waals surface area contributed by atoms with Crippen molar-refractivity contribution in [1.82, 2.24) is 14.7 Å².